The van der Waals surface area contributed by atoms with Gasteiger partial charge in [0.25, 0.3) is 5.89 Å². The predicted molar refractivity (Wildman–Crippen MR) is 62.3 cm³/mol. The van der Waals surface area contributed by atoms with E-state index < -0.39 is 5.60 Å². The highest BCUT2D eigenvalue weighted by molar-refractivity contribution is 5.54. The summed E-state index contributed by atoms with van der Waals surface area (Å²) in [6, 6.07) is 5.26. The summed E-state index contributed by atoms with van der Waals surface area (Å²) in [7, 11) is 1.58. The summed E-state index contributed by atoms with van der Waals surface area (Å²) >= 11 is 0. The minimum absolute atomic E-state index is 0.304. The number of hydrogen-bond donors (Lipinski definition) is 0. The SMILES string of the molecule is COC(C)(C)c1noc(-c2ccnc(C#N)c2)n1. The van der Waals surface area contributed by atoms with Crippen molar-refractivity contribution in [1.29, 1.82) is 5.26 Å². The minimum atomic E-state index is -0.618. The van der Waals surface area contributed by atoms with Gasteiger partial charge in [0, 0.05) is 18.9 Å². The maximum absolute atomic E-state index is 8.78. The van der Waals surface area contributed by atoms with Crippen LogP contribution in [-0.2, 0) is 10.3 Å². The molecule has 2 aromatic heterocycles. The zero-order valence-corrected chi connectivity index (χ0v) is 10.3. The van der Waals surface area contributed by atoms with Crippen LogP contribution in [0.15, 0.2) is 22.9 Å². The predicted octanol–water partition coefficient (Wildman–Crippen LogP) is 1.88. The zero-order chi connectivity index (χ0) is 13.2. The van der Waals surface area contributed by atoms with Gasteiger partial charge in [0.15, 0.2) is 0 Å². The normalized spacial score (nSPS) is 11.2. The Hall–Kier alpha value is -2.26. The fourth-order valence-corrected chi connectivity index (χ4v) is 1.30. The van der Waals surface area contributed by atoms with Crippen molar-refractivity contribution in [3.8, 4) is 17.5 Å². The first-order valence-electron chi connectivity index (χ1n) is 5.32. The van der Waals surface area contributed by atoms with Crippen LogP contribution >= 0.6 is 0 Å². The number of nitrogens with zero attached hydrogens (tertiary/aromatic N) is 4. The lowest BCUT2D eigenvalue weighted by molar-refractivity contribution is 0.00973. The third-order valence-electron chi connectivity index (χ3n) is 2.60. The lowest BCUT2D eigenvalue weighted by Gasteiger charge is -2.17. The summed E-state index contributed by atoms with van der Waals surface area (Å²) in [5, 5.41) is 12.7. The summed E-state index contributed by atoms with van der Waals surface area (Å²) in [5.41, 5.74) is 0.345. The van der Waals surface area contributed by atoms with Crippen LogP contribution in [0.3, 0.4) is 0 Å². The largest absolute Gasteiger partial charge is 0.371 e. The van der Waals surface area contributed by atoms with E-state index >= 15 is 0 Å². The first-order valence-corrected chi connectivity index (χ1v) is 5.32. The monoisotopic (exact) mass is 244 g/mol. The average molecular weight is 244 g/mol. The zero-order valence-electron chi connectivity index (χ0n) is 10.3. The van der Waals surface area contributed by atoms with Crippen LogP contribution in [0.5, 0.6) is 0 Å². The van der Waals surface area contributed by atoms with Gasteiger partial charge in [-0.25, -0.2) is 4.98 Å². The third kappa shape index (κ3) is 2.21. The molecule has 0 fully saturated rings. The number of ether oxygens (including phenoxy) is 1. The van der Waals surface area contributed by atoms with Crippen molar-refractivity contribution in [2.45, 2.75) is 19.4 Å². The Labute approximate surface area is 104 Å². The molecule has 2 aromatic rings. The molecule has 6 heteroatoms. The minimum Gasteiger partial charge on any atom is -0.371 e. The molecule has 0 spiro atoms. The van der Waals surface area contributed by atoms with E-state index in [9.17, 15) is 0 Å². The molecule has 0 N–H and O–H groups in total. The quantitative estimate of drug-likeness (QED) is 0.819. The molecule has 18 heavy (non-hydrogen) atoms. The number of nitriles is 1. The second-order valence-electron chi connectivity index (χ2n) is 4.18. The Balaban J connectivity index is 2.38. The lowest BCUT2D eigenvalue weighted by Crippen LogP contribution is -2.21. The fraction of sp³-hybridized carbons (Fsp3) is 0.333. The van der Waals surface area contributed by atoms with Gasteiger partial charge in [0.1, 0.15) is 17.4 Å². The molecular weight excluding hydrogens is 232 g/mol. The molecule has 2 rings (SSSR count). The Kier molecular flexibility index (Phi) is 3.08. The molecule has 0 aliphatic carbocycles. The molecule has 0 atom stereocenters. The summed E-state index contributed by atoms with van der Waals surface area (Å²) < 4.78 is 10.4. The highest BCUT2D eigenvalue weighted by Crippen LogP contribution is 2.24. The van der Waals surface area contributed by atoms with Crippen LogP contribution in [-0.4, -0.2) is 22.2 Å². The first kappa shape index (κ1) is 12.2. The fourth-order valence-electron chi connectivity index (χ4n) is 1.30. The van der Waals surface area contributed by atoms with E-state index in [1.165, 1.54) is 6.20 Å². The molecule has 0 aliphatic rings. The molecule has 6 nitrogen and oxygen atoms in total. The maximum atomic E-state index is 8.78. The van der Waals surface area contributed by atoms with E-state index in [2.05, 4.69) is 15.1 Å². The Morgan fingerprint density at radius 3 is 2.89 bits per heavy atom. The van der Waals surface area contributed by atoms with E-state index in [0.717, 1.165) is 0 Å². The molecule has 2 heterocycles. The van der Waals surface area contributed by atoms with Crippen molar-refractivity contribution in [2.75, 3.05) is 7.11 Å². The van der Waals surface area contributed by atoms with Gasteiger partial charge < -0.3 is 9.26 Å². The second-order valence-corrected chi connectivity index (χ2v) is 4.18. The number of aromatic nitrogens is 3. The topological polar surface area (TPSA) is 84.8 Å². The van der Waals surface area contributed by atoms with E-state index in [0.29, 0.717) is 23.0 Å². The molecule has 0 saturated heterocycles. The number of methoxy groups -OCH3 is 1. The van der Waals surface area contributed by atoms with E-state index in [4.69, 9.17) is 14.5 Å². The van der Waals surface area contributed by atoms with Crippen molar-refractivity contribution in [3.63, 3.8) is 0 Å². The van der Waals surface area contributed by atoms with Gasteiger partial charge >= 0.3 is 0 Å². The summed E-state index contributed by atoms with van der Waals surface area (Å²) in [4.78, 5) is 8.14. The molecule has 0 radical (unpaired) electrons. The molecule has 0 bridgehead atoms. The molecule has 0 aromatic carbocycles. The van der Waals surface area contributed by atoms with Crippen molar-refractivity contribution >= 4 is 0 Å². The highest BCUT2D eigenvalue weighted by atomic mass is 16.5. The van der Waals surface area contributed by atoms with Crippen LogP contribution in [0, 0.1) is 11.3 Å². The van der Waals surface area contributed by atoms with Crippen molar-refractivity contribution < 1.29 is 9.26 Å². The Morgan fingerprint density at radius 2 is 2.22 bits per heavy atom. The highest BCUT2D eigenvalue weighted by Gasteiger charge is 2.26. The van der Waals surface area contributed by atoms with Crippen LogP contribution in [0.2, 0.25) is 0 Å². The van der Waals surface area contributed by atoms with Gasteiger partial charge in [-0.1, -0.05) is 5.16 Å². The van der Waals surface area contributed by atoms with Crippen LogP contribution in [0.4, 0.5) is 0 Å². The molecule has 0 saturated carbocycles. The Morgan fingerprint density at radius 1 is 1.44 bits per heavy atom. The number of rotatable bonds is 3. The second kappa shape index (κ2) is 4.55. The lowest BCUT2D eigenvalue weighted by atomic mass is 10.1. The van der Waals surface area contributed by atoms with E-state index in [1.54, 1.807) is 19.2 Å². The Bertz CT molecular complexity index is 598. The maximum Gasteiger partial charge on any atom is 0.258 e. The van der Waals surface area contributed by atoms with Crippen LogP contribution < -0.4 is 0 Å². The summed E-state index contributed by atoms with van der Waals surface area (Å²) in [5.74, 6) is 0.796. The average Bonchev–Trinajstić information content (AvgIpc) is 2.89. The van der Waals surface area contributed by atoms with Crippen molar-refractivity contribution in [1.82, 2.24) is 15.1 Å². The third-order valence-corrected chi connectivity index (χ3v) is 2.60. The van der Waals surface area contributed by atoms with Crippen molar-refractivity contribution in [3.05, 3.63) is 29.8 Å². The number of hydrogen-bond acceptors (Lipinski definition) is 6. The molecule has 0 aliphatic heterocycles. The van der Waals surface area contributed by atoms with Gasteiger partial charge in [0.2, 0.25) is 5.82 Å². The summed E-state index contributed by atoms with van der Waals surface area (Å²) in [6.45, 7) is 3.68. The van der Waals surface area contributed by atoms with Gasteiger partial charge in [-0.2, -0.15) is 10.2 Å². The first-order chi connectivity index (χ1) is 8.56. The van der Waals surface area contributed by atoms with Crippen LogP contribution in [0.25, 0.3) is 11.5 Å². The standard InChI is InChI=1S/C12H12N4O2/c1-12(2,17-3)11-15-10(18-16-11)8-4-5-14-9(6-8)7-13/h4-6H,1-3H3. The molecule has 92 valence electrons. The summed E-state index contributed by atoms with van der Waals surface area (Å²) in [6.07, 6.45) is 1.53. The van der Waals surface area contributed by atoms with Crippen LogP contribution in [0.1, 0.15) is 25.4 Å². The van der Waals surface area contributed by atoms with Gasteiger partial charge in [-0.15, -0.1) is 0 Å². The van der Waals surface area contributed by atoms with E-state index in [-0.39, 0.29) is 0 Å². The molecule has 0 unspecified atom stereocenters. The van der Waals surface area contributed by atoms with Crippen molar-refractivity contribution in [2.24, 2.45) is 0 Å². The van der Waals surface area contributed by atoms with Gasteiger partial charge in [0.05, 0.1) is 0 Å². The van der Waals surface area contributed by atoms with E-state index in [1.807, 2.05) is 19.9 Å². The van der Waals surface area contributed by atoms with Gasteiger partial charge in [-0.3, -0.25) is 0 Å². The number of pyridine rings is 1. The molecule has 0 amide bonds. The van der Waals surface area contributed by atoms with Gasteiger partial charge in [-0.05, 0) is 26.0 Å². The molecular formula is C12H12N4O2. The smallest absolute Gasteiger partial charge is 0.258 e.